The summed E-state index contributed by atoms with van der Waals surface area (Å²) >= 11 is 14.7. The van der Waals surface area contributed by atoms with Crippen LogP contribution in [0.25, 0.3) is 0 Å². The molecule has 1 aromatic carbocycles. The molecule has 1 aromatic heterocycles. The zero-order valence-electron chi connectivity index (χ0n) is 10.2. The van der Waals surface area contributed by atoms with E-state index in [0.717, 1.165) is 25.0 Å². The summed E-state index contributed by atoms with van der Waals surface area (Å²) in [5, 5.41) is 0. The number of hydrogen-bond donors (Lipinski definition) is 0. The van der Waals surface area contributed by atoms with Crippen LogP contribution in [-0.2, 0) is 0 Å². The van der Waals surface area contributed by atoms with E-state index in [2.05, 4.69) is 31.9 Å². The molecule has 0 radical (unpaired) electrons. The van der Waals surface area contributed by atoms with Gasteiger partial charge in [0.15, 0.2) is 11.5 Å². The van der Waals surface area contributed by atoms with E-state index in [1.54, 1.807) is 25.6 Å². The Morgan fingerprint density at radius 3 is 2.37 bits per heavy atom. The summed E-state index contributed by atoms with van der Waals surface area (Å²) in [7, 11) is 3.25. The molecule has 0 spiro atoms. The Morgan fingerprint density at radius 2 is 1.84 bits per heavy atom. The van der Waals surface area contributed by atoms with E-state index in [1.165, 1.54) is 0 Å². The maximum atomic E-state index is 6.07. The first-order valence-corrected chi connectivity index (χ1v) is 8.28. The summed E-state index contributed by atoms with van der Waals surface area (Å²) in [6, 6.07) is 7.87. The molecule has 0 saturated carbocycles. The lowest BCUT2D eigenvalue weighted by atomic mass is 10.1. The van der Waals surface area contributed by atoms with E-state index in [1.807, 2.05) is 24.3 Å². The average Bonchev–Trinajstić information content (AvgIpc) is 2.77. The summed E-state index contributed by atoms with van der Waals surface area (Å²) in [6.07, 6.45) is 0. The van der Waals surface area contributed by atoms with E-state index in [-0.39, 0.29) is 4.83 Å². The molecule has 0 N–H and O–H groups in total. The minimum Gasteiger partial charge on any atom is -0.493 e. The van der Waals surface area contributed by atoms with Crippen LogP contribution < -0.4 is 9.47 Å². The third-order valence-corrected chi connectivity index (χ3v) is 6.48. The highest BCUT2D eigenvalue weighted by molar-refractivity contribution is 9.10. The first kappa shape index (κ1) is 15.2. The van der Waals surface area contributed by atoms with Crippen molar-refractivity contribution in [1.82, 2.24) is 0 Å². The maximum absolute atomic E-state index is 6.07. The first-order valence-electron chi connectivity index (χ1n) is 5.37. The molecule has 0 aliphatic carbocycles. The number of halogens is 3. The van der Waals surface area contributed by atoms with Gasteiger partial charge in [-0.2, -0.15) is 0 Å². The number of methoxy groups -OCH3 is 2. The standard InChI is InChI=1S/C13H11Br2ClO2S/c1-17-9-4-3-7(5-10(9)18-2)12(15)11-6-8(14)13(16)19-11/h3-6,12H,1-2H3. The van der Waals surface area contributed by atoms with Crippen molar-refractivity contribution in [2.45, 2.75) is 4.83 Å². The summed E-state index contributed by atoms with van der Waals surface area (Å²) in [6.45, 7) is 0. The lowest BCUT2D eigenvalue weighted by molar-refractivity contribution is 0.354. The zero-order valence-corrected chi connectivity index (χ0v) is 15.0. The second kappa shape index (κ2) is 6.48. The normalized spacial score (nSPS) is 12.3. The van der Waals surface area contributed by atoms with Crippen LogP contribution in [0.15, 0.2) is 28.7 Å². The minimum absolute atomic E-state index is 0.0705. The fourth-order valence-electron chi connectivity index (χ4n) is 1.66. The van der Waals surface area contributed by atoms with Gasteiger partial charge in [0.2, 0.25) is 0 Å². The number of benzene rings is 1. The quantitative estimate of drug-likeness (QED) is 0.587. The Bertz CT molecular complexity index is 567. The second-order valence-corrected chi connectivity index (χ2v) is 7.20. The SMILES string of the molecule is COc1ccc(C(Br)c2cc(Br)c(Cl)s2)cc1OC. The highest BCUT2D eigenvalue weighted by Crippen LogP contribution is 2.42. The van der Waals surface area contributed by atoms with Crippen LogP contribution in [0.4, 0.5) is 0 Å². The predicted molar refractivity (Wildman–Crippen MR) is 87.3 cm³/mol. The van der Waals surface area contributed by atoms with E-state index in [9.17, 15) is 0 Å². The summed E-state index contributed by atoms with van der Waals surface area (Å²) in [4.78, 5) is 1.20. The van der Waals surface area contributed by atoms with Crippen molar-refractivity contribution in [2.75, 3.05) is 14.2 Å². The Morgan fingerprint density at radius 1 is 1.16 bits per heavy atom. The van der Waals surface area contributed by atoms with Gasteiger partial charge in [-0.25, -0.2) is 0 Å². The van der Waals surface area contributed by atoms with Gasteiger partial charge < -0.3 is 9.47 Å². The van der Waals surface area contributed by atoms with Gasteiger partial charge in [0.05, 0.1) is 19.0 Å². The molecule has 0 bridgehead atoms. The van der Waals surface area contributed by atoms with Crippen LogP contribution in [0.1, 0.15) is 15.3 Å². The monoisotopic (exact) mass is 424 g/mol. The van der Waals surface area contributed by atoms with Crippen molar-refractivity contribution in [2.24, 2.45) is 0 Å². The molecule has 0 aliphatic heterocycles. The summed E-state index contributed by atoms with van der Waals surface area (Å²) < 4.78 is 12.2. The largest absolute Gasteiger partial charge is 0.493 e. The Hall–Kier alpha value is -0.230. The number of alkyl halides is 1. The molecule has 0 fully saturated rings. The molecule has 2 rings (SSSR count). The first-order chi connectivity index (χ1) is 9.06. The molecule has 2 nitrogen and oxygen atoms in total. The van der Waals surface area contributed by atoms with E-state index >= 15 is 0 Å². The number of thiophene rings is 1. The van der Waals surface area contributed by atoms with Gasteiger partial charge in [-0.15, -0.1) is 11.3 Å². The fraction of sp³-hybridized carbons (Fsp3) is 0.231. The smallest absolute Gasteiger partial charge is 0.161 e. The van der Waals surface area contributed by atoms with E-state index < -0.39 is 0 Å². The van der Waals surface area contributed by atoms with Crippen LogP contribution >= 0.6 is 54.8 Å². The van der Waals surface area contributed by atoms with Crippen molar-refractivity contribution in [1.29, 1.82) is 0 Å². The van der Waals surface area contributed by atoms with Crippen molar-refractivity contribution in [3.63, 3.8) is 0 Å². The minimum atomic E-state index is 0.0705. The van der Waals surface area contributed by atoms with Gasteiger partial charge in [-0.3, -0.25) is 0 Å². The third-order valence-electron chi connectivity index (χ3n) is 2.61. The van der Waals surface area contributed by atoms with Gasteiger partial charge >= 0.3 is 0 Å². The van der Waals surface area contributed by atoms with Gasteiger partial charge in [-0.05, 0) is 39.7 Å². The topological polar surface area (TPSA) is 18.5 Å². The molecule has 1 unspecified atom stereocenters. The second-order valence-electron chi connectivity index (χ2n) is 3.75. The molecule has 1 atom stereocenters. The molecule has 0 aliphatic rings. The molecule has 2 aromatic rings. The van der Waals surface area contributed by atoms with Crippen LogP contribution in [0.5, 0.6) is 11.5 Å². The van der Waals surface area contributed by atoms with Crippen molar-refractivity contribution in [3.05, 3.63) is 43.5 Å². The molecular formula is C13H11Br2ClO2S. The lowest BCUT2D eigenvalue weighted by Crippen LogP contribution is -1.94. The highest BCUT2D eigenvalue weighted by atomic mass is 79.9. The number of hydrogen-bond acceptors (Lipinski definition) is 3. The lowest BCUT2D eigenvalue weighted by Gasteiger charge is -2.12. The average molecular weight is 427 g/mol. The molecule has 0 saturated heterocycles. The number of rotatable bonds is 4. The highest BCUT2D eigenvalue weighted by Gasteiger charge is 2.17. The maximum Gasteiger partial charge on any atom is 0.161 e. The molecular weight excluding hydrogens is 415 g/mol. The van der Waals surface area contributed by atoms with Gasteiger partial charge in [-0.1, -0.05) is 33.6 Å². The molecule has 6 heteroatoms. The fourth-order valence-corrected chi connectivity index (χ4v) is 4.10. The molecule has 1 heterocycles. The Kier molecular flexibility index (Phi) is 5.17. The molecule has 0 amide bonds. The van der Waals surface area contributed by atoms with Gasteiger partial charge in [0.1, 0.15) is 4.34 Å². The molecule has 102 valence electrons. The summed E-state index contributed by atoms with van der Waals surface area (Å²) in [5.74, 6) is 1.43. The number of ether oxygens (including phenoxy) is 2. The Labute approximate surface area is 137 Å². The van der Waals surface area contributed by atoms with Crippen LogP contribution in [0, 0.1) is 0 Å². The van der Waals surface area contributed by atoms with Crippen LogP contribution in [0.2, 0.25) is 4.34 Å². The zero-order chi connectivity index (χ0) is 14.0. The van der Waals surface area contributed by atoms with Gasteiger partial charge in [0.25, 0.3) is 0 Å². The predicted octanol–water partition coefficient (Wildman–Crippen LogP) is 5.67. The summed E-state index contributed by atoms with van der Waals surface area (Å²) in [5.41, 5.74) is 1.09. The van der Waals surface area contributed by atoms with Crippen molar-refractivity contribution in [3.8, 4) is 11.5 Å². The third kappa shape index (κ3) is 3.27. The van der Waals surface area contributed by atoms with Crippen LogP contribution in [0.3, 0.4) is 0 Å². The van der Waals surface area contributed by atoms with E-state index in [4.69, 9.17) is 21.1 Å². The van der Waals surface area contributed by atoms with Crippen LogP contribution in [-0.4, -0.2) is 14.2 Å². The van der Waals surface area contributed by atoms with Crippen molar-refractivity contribution < 1.29 is 9.47 Å². The van der Waals surface area contributed by atoms with Crippen molar-refractivity contribution >= 4 is 54.8 Å². The molecule has 19 heavy (non-hydrogen) atoms. The Balaban J connectivity index is 2.35. The van der Waals surface area contributed by atoms with Gasteiger partial charge in [0, 0.05) is 9.35 Å². The van der Waals surface area contributed by atoms with E-state index in [0.29, 0.717) is 5.75 Å².